The molecule has 5 heteroatoms. The molecular formula is C16H15ClN2OS. The van der Waals surface area contributed by atoms with Crippen molar-refractivity contribution in [1.82, 2.24) is 10.5 Å². The number of aryl methyl sites for hydroxylation is 1. The zero-order chi connectivity index (χ0) is 14.7. The van der Waals surface area contributed by atoms with Gasteiger partial charge in [-0.15, -0.1) is 11.3 Å². The lowest BCUT2D eigenvalue weighted by atomic mass is 10.2. The van der Waals surface area contributed by atoms with Crippen LogP contribution in [0, 0.1) is 6.92 Å². The van der Waals surface area contributed by atoms with Crippen molar-refractivity contribution in [3.05, 3.63) is 63.8 Å². The van der Waals surface area contributed by atoms with Crippen LogP contribution >= 0.6 is 22.9 Å². The molecule has 0 spiro atoms. The van der Waals surface area contributed by atoms with Crippen LogP contribution in [0.3, 0.4) is 0 Å². The Kier molecular flexibility index (Phi) is 4.39. The van der Waals surface area contributed by atoms with E-state index < -0.39 is 0 Å². The van der Waals surface area contributed by atoms with Crippen molar-refractivity contribution in [1.29, 1.82) is 0 Å². The first-order valence-corrected chi connectivity index (χ1v) is 7.88. The lowest BCUT2D eigenvalue weighted by molar-refractivity contribution is 0.388. The molecule has 0 aliphatic heterocycles. The summed E-state index contributed by atoms with van der Waals surface area (Å²) in [6.07, 6.45) is 0. The van der Waals surface area contributed by atoms with Gasteiger partial charge in [-0.3, -0.25) is 0 Å². The molecule has 0 saturated heterocycles. The number of nitrogens with one attached hydrogen (secondary N) is 1. The molecule has 1 aromatic carbocycles. The number of thiophene rings is 1. The zero-order valence-corrected chi connectivity index (χ0v) is 13.2. The second kappa shape index (κ2) is 6.43. The number of nitrogens with zero attached hydrogens (tertiary/aromatic N) is 1. The van der Waals surface area contributed by atoms with E-state index in [1.54, 1.807) is 11.3 Å². The maximum Gasteiger partial charge on any atom is 0.133 e. The van der Waals surface area contributed by atoms with Crippen molar-refractivity contribution < 1.29 is 4.52 Å². The monoisotopic (exact) mass is 318 g/mol. The van der Waals surface area contributed by atoms with Crippen molar-refractivity contribution in [2.45, 2.75) is 20.0 Å². The lowest BCUT2D eigenvalue weighted by Gasteiger charge is -2.00. The van der Waals surface area contributed by atoms with Crippen molar-refractivity contribution >= 4 is 22.9 Å². The molecule has 1 N–H and O–H groups in total. The van der Waals surface area contributed by atoms with Crippen LogP contribution in [0.4, 0.5) is 0 Å². The van der Waals surface area contributed by atoms with E-state index in [4.69, 9.17) is 16.1 Å². The molecule has 0 aliphatic carbocycles. The highest BCUT2D eigenvalue weighted by Gasteiger charge is 2.04. The third kappa shape index (κ3) is 3.73. The minimum absolute atomic E-state index is 0.710. The molecule has 0 aliphatic rings. The SMILES string of the molecule is Cc1cc(CNCc2ccc(-c3cccc(Cl)c3)s2)no1. The van der Waals surface area contributed by atoms with Gasteiger partial charge in [-0.2, -0.15) is 0 Å². The van der Waals surface area contributed by atoms with Crippen LogP contribution in [0.5, 0.6) is 0 Å². The summed E-state index contributed by atoms with van der Waals surface area (Å²) >= 11 is 7.80. The van der Waals surface area contributed by atoms with E-state index in [1.165, 1.54) is 9.75 Å². The summed E-state index contributed by atoms with van der Waals surface area (Å²) in [7, 11) is 0. The fourth-order valence-electron chi connectivity index (χ4n) is 2.08. The first kappa shape index (κ1) is 14.3. The van der Waals surface area contributed by atoms with E-state index >= 15 is 0 Å². The number of hydrogen-bond acceptors (Lipinski definition) is 4. The second-order valence-corrected chi connectivity index (χ2v) is 6.41. The van der Waals surface area contributed by atoms with Crippen LogP contribution in [-0.2, 0) is 13.1 Å². The summed E-state index contributed by atoms with van der Waals surface area (Å²) in [5.41, 5.74) is 2.09. The van der Waals surface area contributed by atoms with Crippen LogP contribution in [0.15, 0.2) is 47.0 Å². The van der Waals surface area contributed by atoms with Crippen molar-refractivity contribution in [2.24, 2.45) is 0 Å². The van der Waals surface area contributed by atoms with Crippen molar-refractivity contribution in [3.63, 3.8) is 0 Å². The highest BCUT2D eigenvalue weighted by Crippen LogP contribution is 2.29. The molecule has 108 valence electrons. The summed E-state index contributed by atoms with van der Waals surface area (Å²) in [5.74, 6) is 0.839. The molecule has 0 atom stereocenters. The lowest BCUT2D eigenvalue weighted by Crippen LogP contribution is -2.11. The van der Waals surface area contributed by atoms with Crippen LogP contribution in [0.1, 0.15) is 16.3 Å². The summed E-state index contributed by atoms with van der Waals surface area (Å²) in [6, 6.07) is 14.1. The molecule has 0 bridgehead atoms. The Morgan fingerprint density at radius 3 is 2.86 bits per heavy atom. The quantitative estimate of drug-likeness (QED) is 0.744. The minimum atomic E-state index is 0.710. The number of halogens is 1. The molecule has 3 nitrogen and oxygen atoms in total. The van der Waals surface area contributed by atoms with E-state index in [0.717, 1.165) is 28.6 Å². The maximum atomic E-state index is 6.03. The highest BCUT2D eigenvalue weighted by atomic mass is 35.5. The summed E-state index contributed by atoms with van der Waals surface area (Å²) < 4.78 is 5.04. The smallest absolute Gasteiger partial charge is 0.133 e. The average molecular weight is 319 g/mol. The van der Waals surface area contributed by atoms with E-state index in [2.05, 4.69) is 28.7 Å². The molecule has 2 aromatic heterocycles. The normalized spacial score (nSPS) is 11.0. The van der Waals surface area contributed by atoms with Gasteiger partial charge in [0.05, 0.1) is 5.69 Å². The Morgan fingerprint density at radius 1 is 1.19 bits per heavy atom. The van der Waals surface area contributed by atoms with Gasteiger partial charge >= 0.3 is 0 Å². The van der Waals surface area contributed by atoms with Crippen molar-refractivity contribution in [2.75, 3.05) is 0 Å². The highest BCUT2D eigenvalue weighted by molar-refractivity contribution is 7.15. The average Bonchev–Trinajstić information content (AvgIpc) is 3.08. The van der Waals surface area contributed by atoms with E-state index in [0.29, 0.717) is 6.54 Å². The predicted octanol–water partition coefficient (Wildman–Crippen LogP) is 4.65. The second-order valence-electron chi connectivity index (χ2n) is 4.81. The van der Waals surface area contributed by atoms with Crippen molar-refractivity contribution in [3.8, 4) is 10.4 Å². The Bertz CT molecular complexity index is 735. The first-order chi connectivity index (χ1) is 10.2. The molecule has 0 radical (unpaired) electrons. The standard InChI is InChI=1S/C16H15ClN2OS/c1-11-7-14(19-20-11)9-18-10-15-5-6-16(21-15)12-3-2-4-13(17)8-12/h2-8,18H,9-10H2,1H3. The number of hydrogen-bond donors (Lipinski definition) is 1. The largest absolute Gasteiger partial charge is 0.361 e. The van der Waals surface area contributed by atoms with Crippen LogP contribution in [0.2, 0.25) is 5.02 Å². The molecule has 3 aromatic rings. The molecule has 0 saturated carbocycles. The van der Waals surface area contributed by atoms with Gasteiger partial charge in [-0.05, 0) is 36.8 Å². The summed E-state index contributed by atoms with van der Waals surface area (Å²) in [4.78, 5) is 2.51. The third-order valence-electron chi connectivity index (χ3n) is 3.05. The fourth-order valence-corrected chi connectivity index (χ4v) is 3.25. The predicted molar refractivity (Wildman–Crippen MR) is 86.5 cm³/mol. The van der Waals surface area contributed by atoms with Gasteiger partial charge in [-0.1, -0.05) is 28.9 Å². The molecule has 0 amide bonds. The fraction of sp³-hybridized carbons (Fsp3) is 0.188. The number of aromatic nitrogens is 1. The Hall–Kier alpha value is -1.62. The van der Waals surface area contributed by atoms with Gasteiger partial charge in [0.1, 0.15) is 5.76 Å². The maximum absolute atomic E-state index is 6.03. The summed E-state index contributed by atoms with van der Waals surface area (Å²) in [6.45, 7) is 3.42. The van der Waals surface area contributed by atoms with Gasteiger partial charge in [0.15, 0.2) is 0 Å². The van der Waals surface area contributed by atoms with Gasteiger partial charge in [0.25, 0.3) is 0 Å². The Balaban J connectivity index is 1.60. The molecule has 2 heterocycles. The van der Waals surface area contributed by atoms with E-state index in [-0.39, 0.29) is 0 Å². The molecular weight excluding hydrogens is 304 g/mol. The number of rotatable bonds is 5. The molecule has 0 fully saturated rings. The third-order valence-corrected chi connectivity index (χ3v) is 4.42. The summed E-state index contributed by atoms with van der Waals surface area (Å²) in [5, 5.41) is 8.10. The minimum Gasteiger partial charge on any atom is -0.361 e. The van der Waals surface area contributed by atoms with Gasteiger partial charge in [-0.25, -0.2) is 0 Å². The molecule has 21 heavy (non-hydrogen) atoms. The molecule has 3 rings (SSSR count). The topological polar surface area (TPSA) is 38.1 Å². The van der Waals surface area contributed by atoms with Gasteiger partial charge < -0.3 is 9.84 Å². The van der Waals surface area contributed by atoms with Gasteiger partial charge in [0, 0.05) is 33.9 Å². The zero-order valence-electron chi connectivity index (χ0n) is 11.6. The van der Waals surface area contributed by atoms with E-state index in [1.807, 2.05) is 31.2 Å². The van der Waals surface area contributed by atoms with Crippen LogP contribution < -0.4 is 5.32 Å². The number of benzene rings is 1. The Labute approximate surface area is 132 Å². The van der Waals surface area contributed by atoms with Crippen LogP contribution in [0.25, 0.3) is 10.4 Å². The van der Waals surface area contributed by atoms with Gasteiger partial charge in [0.2, 0.25) is 0 Å². The Morgan fingerprint density at radius 2 is 2.10 bits per heavy atom. The van der Waals surface area contributed by atoms with Crippen LogP contribution in [-0.4, -0.2) is 5.16 Å². The van der Waals surface area contributed by atoms with E-state index in [9.17, 15) is 0 Å². The molecule has 0 unspecified atom stereocenters. The first-order valence-electron chi connectivity index (χ1n) is 6.68.